The summed E-state index contributed by atoms with van der Waals surface area (Å²) in [7, 11) is 1.72. The summed E-state index contributed by atoms with van der Waals surface area (Å²) in [6.45, 7) is 2.95. The predicted octanol–water partition coefficient (Wildman–Crippen LogP) is 5.89. The Morgan fingerprint density at radius 3 is 2.38 bits per heavy atom. The van der Waals surface area contributed by atoms with Crippen molar-refractivity contribution >= 4 is 45.8 Å². The quantitative estimate of drug-likeness (QED) is 0.278. The predicted molar refractivity (Wildman–Crippen MR) is 153 cm³/mol. The van der Waals surface area contributed by atoms with Crippen LogP contribution in [0.3, 0.4) is 0 Å². The number of fused-ring (bicyclic) bond motifs is 1. The van der Waals surface area contributed by atoms with Gasteiger partial charge in [0.1, 0.15) is 11.3 Å². The fourth-order valence-electron chi connectivity index (χ4n) is 4.28. The number of carbonyl (C=O) groups is 1. The summed E-state index contributed by atoms with van der Waals surface area (Å²) in [4.78, 5) is 39.6. The largest absolute Gasteiger partial charge is 0.476 e. The van der Waals surface area contributed by atoms with Crippen molar-refractivity contribution < 1.29 is 13.9 Å². The van der Waals surface area contributed by atoms with Gasteiger partial charge in [-0.2, -0.15) is 0 Å². The van der Waals surface area contributed by atoms with Crippen molar-refractivity contribution in [1.82, 2.24) is 9.36 Å². The van der Waals surface area contributed by atoms with E-state index in [0.29, 0.717) is 32.6 Å². The molecule has 1 amide bonds. The number of hydrogen-bond donors (Lipinski definition) is 1. The molecule has 0 saturated heterocycles. The first kappa shape index (κ1) is 26.3. The number of amides is 1. The topological polar surface area (TPSA) is 95.5 Å². The van der Waals surface area contributed by atoms with Gasteiger partial charge in [-0.1, -0.05) is 53.5 Å². The van der Waals surface area contributed by atoms with Crippen molar-refractivity contribution in [3.8, 4) is 22.8 Å². The number of benzene rings is 3. The van der Waals surface area contributed by atoms with Crippen LogP contribution < -0.4 is 21.0 Å². The molecule has 0 fully saturated rings. The van der Waals surface area contributed by atoms with E-state index in [0.717, 1.165) is 5.56 Å². The molecule has 8 nitrogen and oxygen atoms in total. The standard InChI is InChI=1S/C29H23Cl2N3O5/c1-16-13-23-20(14-22(16)31)26(36)28(27(39-23)19-11-7-8-12-21(19)30)38-15-24(35)32-25-17(2)33(3)34(29(25)37)18-9-5-4-6-10-18/h4-14H,15H2,1-3H3,(H,32,35). The molecular formula is C29H23Cl2N3O5. The van der Waals surface area contributed by atoms with Gasteiger partial charge >= 0.3 is 0 Å². The van der Waals surface area contributed by atoms with Crippen molar-refractivity contribution in [3.05, 3.63) is 109 Å². The second-order valence-corrected chi connectivity index (χ2v) is 9.75. The van der Waals surface area contributed by atoms with E-state index in [1.54, 1.807) is 68.0 Å². The van der Waals surface area contributed by atoms with Gasteiger partial charge in [-0.25, -0.2) is 4.68 Å². The lowest BCUT2D eigenvalue weighted by Crippen LogP contribution is -2.26. The third-order valence-corrected chi connectivity index (χ3v) is 7.15. The molecule has 0 aliphatic rings. The molecule has 0 spiro atoms. The lowest BCUT2D eigenvalue weighted by Gasteiger charge is -2.13. The van der Waals surface area contributed by atoms with E-state index < -0.39 is 23.5 Å². The van der Waals surface area contributed by atoms with Gasteiger partial charge in [-0.15, -0.1) is 0 Å². The van der Waals surface area contributed by atoms with E-state index in [1.807, 2.05) is 18.2 Å². The zero-order chi connectivity index (χ0) is 27.8. The molecule has 1 N–H and O–H groups in total. The second-order valence-electron chi connectivity index (χ2n) is 8.94. The van der Waals surface area contributed by atoms with Crippen molar-refractivity contribution in [2.45, 2.75) is 13.8 Å². The fourth-order valence-corrected chi connectivity index (χ4v) is 4.66. The Kier molecular flexibility index (Phi) is 7.08. The number of ether oxygens (including phenoxy) is 1. The van der Waals surface area contributed by atoms with Crippen molar-refractivity contribution in [3.63, 3.8) is 0 Å². The highest BCUT2D eigenvalue weighted by Crippen LogP contribution is 2.36. The van der Waals surface area contributed by atoms with Crippen LogP contribution in [0.25, 0.3) is 28.0 Å². The first-order valence-corrected chi connectivity index (χ1v) is 12.7. The molecule has 0 aliphatic carbocycles. The Labute approximate surface area is 232 Å². The SMILES string of the molecule is Cc1cc2oc(-c3ccccc3Cl)c(OCC(=O)Nc3c(C)n(C)n(-c4ccccc4)c3=O)c(=O)c2cc1Cl. The van der Waals surface area contributed by atoms with Crippen LogP contribution in [0.1, 0.15) is 11.3 Å². The van der Waals surface area contributed by atoms with Crippen LogP contribution in [0.15, 0.2) is 80.7 Å². The fraction of sp³-hybridized carbons (Fsp3) is 0.138. The van der Waals surface area contributed by atoms with E-state index >= 15 is 0 Å². The van der Waals surface area contributed by atoms with E-state index in [4.69, 9.17) is 32.4 Å². The number of halogens is 2. The van der Waals surface area contributed by atoms with Crippen LogP contribution in [-0.4, -0.2) is 21.9 Å². The molecule has 0 saturated carbocycles. The molecule has 0 aliphatic heterocycles. The highest BCUT2D eigenvalue weighted by Gasteiger charge is 2.23. The molecule has 0 bridgehead atoms. The summed E-state index contributed by atoms with van der Waals surface area (Å²) in [5.41, 5.74) is 1.84. The molecule has 0 radical (unpaired) electrons. The van der Waals surface area contributed by atoms with E-state index in [2.05, 4.69) is 5.32 Å². The maximum Gasteiger partial charge on any atom is 0.295 e. The van der Waals surface area contributed by atoms with Crippen molar-refractivity contribution in [2.75, 3.05) is 11.9 Å². The van der Waals surface area contributed by atoms with E-state index in [-0.39, 0.29) is 22.6 Å². The lowest BCUT2D eigenvalue weighted by atomic mass is 10.1. The van der Waals surface area contributed by atoms with E-state index in [1.165, 1.54) is 10.7 Å². The molecule has 2 aromatic heterocycles. The Morgan fingerprint density at radius 1 is 0.974 bits per heavy atom. The molecule has 10 heteroatoms. The minimum atomic E-state index is -0.632. The van der Waals surface area contributed by atoms with Crippen LogP contribution >= 0.6 is 23.2 Å². The molecule has 3 aromatic carbocycles. The smallest absolute Gasteiger partial charge is 0.295 e. The zero-order valence-corrected chi connectivity index (χ0v) is 22.8. The second kappa shape index (κ2) is 10.5. The van der Waals surface area contributed by atoms with Crippen LogP contribution in [-0.2, 0) is 11.8 Å². The molecule has 2 heterocycles. The van der Waals surface area contributed by atoms with Gasteiger partial charge in [0.25, 0.3) is 11.5 Å². The number of aromatic nitrogens is 2. The number of hydrogen-bond acceptors (Lipinski definition) is 5. The Hall–Kier alpha value is -4.27. The monoisotopic (exact) mass is 563 g/mol. The summed E-state index contributed by atoms with van der Waals surface area (Å²) >= 11 is 12.7. The molecule has 5 aromatic rings. The average molecular weight is 564 g/mol. The van der Waals surface area contributed by atoms with Crippen LogP contribution in [0, 0.1) is 13.8 Å². The molecule has 0 atom stereocenters. The summed E-state index contributed by atoms with van der Waals surface area (Å²) < 4.78 is 14.9. The van der Waals surface area contributed by atoms with Crippen LogP contribution in [0.5, 0.6) is 5.75 Å². The summed E-state index contributed by atoms with van der Waals surface area (Å²) in [6.07, 6.45) is 0. The first-order chi connectivity index (χ1) is 18.7. The first-order valence-electron chi connectivity index (χ1n) is 12.0. The number of rotatable bonds is 6. The third-order valence-electron chi connectivity index (χ3n) is 6.41. The molecule has 198 valence electrons. The van der Waals surface area contributed by atoms with Crippen LogP contribution in [0.2, 0.25) is 10.0 Å². The number of nitrogens with zero attached hydrogens (tertiary/aromatic N) is 2. The average Bonchev–Trinajstić information content (AvgIpc) is 3.13. The van der Waals surface area contributed by atoms with Gasteiger partial charge in [0, 0.05) is 17.6 Å². The van der Waals surface area contributed by atoms with Gasteiger partial charge in [-0.05, 0) is 55.8 Å². The zero-order valence-electron chi connectivity index (χ0n) is 21.2. The minimum Gasteiger partial charge on any atom is -0.476 e. The highest BCUT2D eigenvalue weighted by molar-refractivity contribution is 6.33. The normalized spacial score (nSPS) is 11.1. The molecule has 5 rings (SSSR count). The van der Waals surface area contributed by atoms with Gasteiger partial charge in [0.15, 0.2) is 12.4 Å². The Morgan fingerprint density at radius 2 is 1.67 bits per heavy atom. The molecule has 0 unspecified atom stereocenters. The van der Waals surface area contributed by atoms with Gasteiger partial charge in [0.2, 0.25) is 11.2 Å². The maximum absolute atomic E-state index is 13.5. The van der Waals surface area contributed by atoms with Crippen molar-refractivity contribution in [2.24, 2.45) is 7.05 Å². The number of anilines is 1. The lowest BCUT2D eigenvalue weighted by molar-refractivity contribution is -0.118. The number of para-hydroxylation sites is 1. The Bertz CT molecular complexity index is 1860. The van der Waals surface area contributed by atoms with Crippen LogP contribution in [0.4, 0.5) is 5.69 Å². The third kappa shape index (κ3) is 4.84. The number of aryl methyl sites for hydroxylation is 1. The molecule has 39 heavy (non-hydrogen) atoms. The highest BCUT2D eigenvalue weighted by atomic mass is 35.5. The maximum atomic E-state index is 13.5. The van der Waals surface area contributed by atoms with Gasteiger partial charge in [-0.3, -0.25) is 19.1 Å². The summed E-state index contributed by atoms with van der Waals surface area (Å²) in [5, 5.41) is 3.54. The Balaban J connectivity index is 1.50. The van der Waals surface area contributed by atoms with Gasteiger partial charge < -0.3 is 14.5 Å². The van der Waals surface area contributed by atoms with E-state index in [9.17, 15) is 14.4 Å². The summed E-state index contributed by atoms with van der Waals surface area (Å²) in [5.74, 6) is -0.750. The minimum absolute atomic E-state index is 0.0787. The summed E-state index contributed by atoms with van der Waals surface area (Å²) in [6, 6.07) is 19.0. The van der Waals surface area contributed by atoms with Gasteiger partial charge in [0.05, 0.1) is 21.8 Å². The number of carbonyl (C=O) groups excluding carboxylic acids is 1. The van der Waals surface area contributed by atoms with Crippen molar-refractivity contribution in [1.29, 1.82) is 0 Å². The molecular weight excluding hydrogens is 541 g/mol. The number of nitrogens with one attached hydrogen (secondary N) is 1.